The molecule has 2 aliphatic heterocycles. The lowest BCUT2D eigenvalue weighted by atomic mass is 9.94. The van der Waals surface area contributed by atoms with E-state index in [0.717, 1.165) is 25.5 Å². The minimum Gasteiger partial charge on any atom is -0.354 e. The first-order valence-corrected chi connectivity index (χ1v) is 6.95. The number of hydrogen-bond donors (Lipinski definition) is 1. The lowest BCUT2D eigenvalue weighted by Gasteiger charge is -2.24. The number of fused-ring (bicyclic) bond motifs is 1. The summed E-state index contributed by atoms with van der Waals surface area (Å²) in [5.74, 6) is 0.574. The third-order valence-electron chi connectivity index (χ3n) is 4.18. The Morgan fingerprint density at radius 3 is 2.81 bits per heavy atom. The van der Waals surface area contributed by atoms with Crippen LogP contribution in [-0.2, 0) is 6.18 Å². The van der Waals surface area contributed by atoms with E-state index in [1.165, 1.54) is 6.07 Å². The number of aromatic nitrogens is 1. The zero-order valence-corrected chi connectivity index (χ0v) is 11.3. The average Bonchev–Trinajstić information content (AvgIpc) is 2.89. The van der Waals surface area contributed by atoms with Gasteiger partial charge in [-0.15, -0.1) is 0 Å². The van der Waals surface area contributed by atoms with Crippen LogP contribution in [0.15, 0.2) is 12.1 Å². The number of hydrogen-bond acceptors (Lipinski definition) is 4. The number of rotatable bonds is 1. The maximum atomic E-state index is 12.8. The van der Waals surface area contributed by atoms with Crippen LogP contribution in [0.5, 0.6) is 0 Å². The molecule has 0 spiro atoms. The van der Waals surface area contributed by atoms with Gasteiger partial charge >= 0.3 is 6.18 Å². The molecule has 0 saturated carbocycles. The molecule has 112 valence electrons. The van der Waals surface area contributed by atoms with Crippen LogP contribution in [0.2, 0.25) is 0 Å². The highest BCUT2D eigenvalue weighted by Gasteiger charge is 2.38. The first kappa shape index (κ1) is 14.1. The highest BCUT2D eigenvalue weighted by atomic mass is 19.4. The molecule has 7 heteroatoms. The topological polar surface area (TPSA) is 52.0 Å². The zero-order valence-electron chi connectivity index (χ0n) is 11.3. The summed E-state index contributed by atoms with van der Waals surface area (Å²) in [7, 11) is 0. The normalized spacial score (nSPS) is 25.5. The number of halogens is 3. The van der Waals surface area contributed by atoms with Crippen LogP contribution in [0.4, 0.5) is 19.0 Å². The van der Waals surface area contributed by atoms with Gasteiger partial charge in [-0.3, -0.25) is 0 Å². The molecule has 2 fully saturated rings. The van der Waals surface area contributed by atoms with Crippen molar-refractivity contribution in [1.29, 1.82) is 5.26 Å². The molecule has 0 bridgehead atoms. The Morgan fingerprint density at radius 1 is 1.33 bits per heavy atom. The number of nitriles is 1. The monoisotopic (exact) mass is 296 g/mol. The van der Waals surface area contributed by atoms with Gasteiger partial charge in [-0.05, 0) is 37.4 Å². The molecule has 2 saturated heterocycles. The average molecular weight is 296 g/mol. The highest BCUT2D eigenvalue weighted by molar-refractivity contribution is 5.55. The lowest BCUT2D eigenvalue weighted by Crippen LogP contribution is -2.40. The van der Waals surface area contributed by atoms with Crippen LogP contribution in [0, 0.1) is 17.2 Å². The van der Waals surface area contributed by atoms with Crippen LogP contribution in [0.1, 0.15) is 24.1 Å². The van der Waals surface area contributed by atoms with Gasteiger partial charge in [0.15, 0.2) is 0 Å². The maximum absolute atomic E-state index is 12.8. The van der Waals surface area contributed by atoms with Crippen molar-refractivity contribution in [2.75, 3.05) is 24.5 Å². The Labute approximate surface area is 120 Å². The molecule has 1 aromatic rings. The summed E-state index contributed by atoms with van der Waals surface area (Å²) in [5.41, 5.74) is -0.749. The number of piperidine rings is 1. The van der Waals surface area contributed by atoms with Crippen molar-refractivity contribution in [3.8, 4) is 6.07 Å². The number of nitrogens with zero attached hydrogens (tertiary/aromatic N) is 3. The predicted molar refractivity (Wildman–Crippen MR) is 70.7 cm³/mol. The number of pyridine rings is 1. The van der Waals surface area contributed by atoms with Crippen molar-refractivity contribution in [2.45, 2.75) is 25.1 Å². The quantitative estimate of drug-likeness (QED) is 0.863. The molecule has 1 aromatic heterocycles. The fourth-order valence-corrected chi connectivity index (χ4v) is 3.15. The van der Waals surface area contributed by atoms with Gasteiger partial charge in [0, 0.05) is 19.1 Å². The van der Waals surface area contributed by atoms with E-state index in [0.29, 0.717) is 19.0 Å². The van der Waals surface area contributed by atoms with E-state index in [9.17, 15) is 13.2 Å². The second-order valence-corrected chi connectivity index (χ2v) is 5.55. The molecule has 0 aliphatic carbocycles. The third kappa shape index (κ3) is 2.68. The van der Waals surface area contributed by atoms with Gasteiger partial charge in [0.05, 0.1) is 5.56 Å². The third-order valence-corrected chi connectivity index (χ3v) is 4.18. The van der Waals surface area contributed by atoms with Gasteiger partial charge in [-0.2, -0.15) is 18.4 Å². The molecule has 0 radical (unpaired) electrons. The molecule has 2 atom stereocenters. The summed E-state index contributed by atoms with van der Waals surface area (Å²) in [6, 6.07) is 4.29. The summed E-state index contributed by atoms with van der Waals surface area (Å²) < 4.78 is 38.4. The second kappa shape index (κ2) is 5.19. The van der Waals surface area contributed by atoms with E-state index in [4.69, 9.17) is 5.26 Å². The first-order valence-electron chi connectivity index (χ1n) is 6.95. The molecule has 0 aromatic carbocycles. The Hall–Kier alpha value is -1.81. The van der Waals surface area contributed by atoms with Gasteiger partial charge in [0.1, 0.15) is 17.6 Å². The van der Waals surface area contributed by atoms with Crippen molar-refractivity contribution in [3.63, 3.8) is 0 Å². The molecule has 0 unspecified atom stereocenters. The highest BCUT2D eigenvalue weighted by Crippen LogP contribution is 2.33. The Balaban J connectivity index is 1.92. The van der Waals surface area contributed by atoms with Gasteiger partial charge < -0.3 is 10.2 Å². The summed E-state index contributed by atoms with van der Waals surface area (Å²) in [6.07, 6.45) is -2.35. The van der Waals surface area contributed by atoms with Crippen LogP contribution in [-0.4, -0.2) is 30.7 Å². The predicted octanol–water partition coefficient (Wildman–Crippen LogP) is 2.16. The van der Waals surface area contributed by atoms with E-state index in [2.05, 4.69) is 10.3 Å². The van der Waals surface area contributed by atoms with Crippen molar-refractivity contribution in [2.24, 2.45) is 5.92 Å². The van der Waals surface area contributed by atoms with Crippen molar-refractivity contribution < 1.29 is 13.2 Å². The largest absolute Gasteiger partial charge is 0.433 e. The van der Waals surface area contributed by atoms with Crippen LogP contribution < -0.4 is 10.2 Å². The van der Waals surface area contributed by atoms with Gasteiger partial charge in [-0.1, -0.05) is 0 Å². The Morgan fingerprint density at radius 2 is 2.14 bits per heavy atom. The fourth-order valence-electron chi connectivity index (χ4n) is 3.15. The van der Waals surface area contributed by atoms with Gasteiger partial charge in [0.2, 0.25) is 0 Å². The number of nitrogens with one attached hydrogen (secondary N) is 1. The minimum absolute atomic E-state index is 0.156. The van der Waals surface area contributed by atoms with Crippen LogP contribution >= 0.6 is 0 Å². The van der Waals surface area contributed by atoms with E-state index in [1.54, 1.807) is 4.90 Å². The summed E-state index contributed by atoms with van der Waals surface area (Å²) in [5, 5.41) is 12.5. The Kier molecular flexibility index (Phi) is 3.49. The summed E-state index contributed by atoms with van der Waals surface area (Å²) >= 11 is 0. The van der Waals surface area contributed by atoms with Gasteiger partial charge in [0.25, 0.3) is 0 Å². The molecule has 2 aliphatic rings. The minimum atomic E-state index is -4.49. The lowest BCUT2D eigenvalue weighted by molar-refractivity contribution is -0.141. The summed E-state index contributed by atoms with van der Waals surface area (Å²) in [4.78, 5) is 5.51. The van der Waals surface area contributed by atoms with E-state index in [1.807, 2.05) is 6.07 Å². The fraction of sp³-hybridized carbons (Fsp3) is 0.571. The molecular weight excluding hydrogens is 281 g/mol. The van der Waals surface area contributed by atoms with Crippen molar-refractivity contribution >= 4 is 5.82 Å². The summed E-state index contributed by atoms with van der Waals surface area (Å²) in [6.45, 7) is 2.20. The van der Waals surface area contributed by atoms with Crippen LogP contribution in [0.3, 0.4) is 0 Å². The molecular formula is C14H15F3N4. The van der Waals surface area contributed by atoms with Gasteiger partial charge in [-0.25, -0.2) is 4.98 Å². The second-order valence-electron chi connectivity index (χ2n) is 5.55. The maximum Gasteiger partial charge on any atom is 0.433 e. The van der Waals surface area contributed by atoms with Crippen molar-refractivity contribution in [3.05, 3.63) is 23.4 Å². The molecule has 1 N–H and O–H groups in total. The molecule has 21 heavy (non-hydrogen) atoms. The van der Waals surface area contributed by atoms with Crippen LogP contribution in [0.25, 0.3) is 0 Å². The SMILES string of the molecule is N#Cc1ccc(C(F)(F)F)nc1N1C[C@@H]2CCCN[C@@H]2C1. The first-order chi connectivity index (χ1) is 9.99. The molecule has 3 heterocycles. The smallest absolute Gasteiger partial charge is 0.354 e. The van der Waals surface area contributed by atoms with E-state index >= 15 is 0 Å². The van der Waals surface area contributed by atoms with Crippen molar-refractivity contribution in [1.82, 2.24) is 10.3 Å². The van der Waals surface area contributed by atoms with E-state index < -0.39 is 11.9 Å². The zero-order chi connectivity index (χ0) is 15.0. The Bertz CT molecular complexity index is 565. The van der Waals surface area contributed by atoms with E-state index in [-0.39, 0.29) is 17.4 Å². The standard InChI is InChI=1S/C14H15F3N4/c15-14(16,17)12-4-3-9(6-18)13(20-12)21-7-10-2-1-5-19-11(10)8-21/h3-4,10-11,19H,1-2,5,7-8H2/t10-,11+/m0/s1. The number of anilines is 1. The molecule has 4 nitrogen and oxygen atoms in total. The molecule has 3 rings (SSSR count). The number of alkyl halides is 3. The molecule has 0 amide bonds.